The van der Waals surface area contributed by atoms with Crippen LogP contribution in [-0.2, 0) is 5.41 Å². The number of nitrogens with zero attached hydrogens (tertiary/aromatic N) is 2. The Labute approximate surface area is 124 Å². The first-order valence-electron chi connectivity index (χ1n) is 6.62. The van der Waals surface area contributed by atoms with Crippen molar-refractivity contribution in [2.24, 2.45) is 0 Å². The van der Waals surface area contributed by atoms with E-state index >= 15 is 0 Å². The fraction of sp³-hybridized carbons (Fsp3) is 0.375. The molecular weight excluding hydrogens is 266 g/mol. The molecule has 1 aromatic carbocycles. The average Bonchev–Trinajstić information content (AvgIpc) is 2.85. The van der Waals surface area contributed by atoms with Crippen LogP contribution in [-0.4, -0.2) is 4.98 Å². The molecule has 1 heterocycles. The van der Waals surface area contributed by atoms with Gasteiger partial charge in [-0.2, -0.15) is 5.26 Å². The standard InChI is InChI=1S/C16H19N3S/c1-11-15(20-10-18-11)12(2)19-14-7-5-13(6-8-14)16(3,4)9-17/h5-8,10,12,19H,1-4H3. The van der Waals surface area contributed by atoms with Crippen LogP contribution in [0.25, 0.3) is 0 Å². The molecule has 2 aromatic rings. The molecule has 1 aromatic heterocycles. The summed E-state index contributed by atoms with van der Waals surface area (Å²) in [5, 5.41) is 12.6. The first kappa shape index (κ1) is 14.5. The highest BCUT2D eigenvalue weighted by Gasteiger charge is 2.19. The largest absolute Gasteiger partial charge is 0.378 e. The van der Waals surface area contributed by atoms with Crippen molar-refractivity contribution in [1.82, 2.24) is 4.98 Å². The lowest BCUT2D eigenvalue weighted by Crippen LogP contribution is -2.13. The molecule has 0 amide bonds. The summed E-state index contributed by atoms with van der Waals surface area (Å²) in [6, 6.07) is 10.6. The number of thiazole rings is 1. The summed E-state index contributed by atoms with van der Waals surface area (Å²) in [4.78, 5) is 5.54. The maximum absolute atomic E-state index is 9.15. The van der Waals surface area contributed by atoms with Gasteiger partial charge in [0, 0.05) is 10.6 Å². The van der Waals surface area contributed by atoms with E-state index in [1.54, 1.807) is 11.3 Å². The topological polar surface area (TPSA) is 48.7 Å². The number of nitrogens with one attached hydrogen (secondary N) is 1. The Kier molecular flexibility index (Phi) is 4.10. The molecule has 0 saturated carbocycles. The van der Waals surface area contributed by atoms with Crippen LogP contribution in [0.15, 0.2) is 29.8 Å². The van der Waals surface area contributed by atoms with E-state index in [1.165, 1.54) is 4.88 Å². The summed E-state index contributed by atoms with van der Waals surface area (Å²) in [5.74, 6) is 0. The minimum atomic E-state index is -0.446. The first-order chi connectivity index (χ1) is 9.44. The van der Waals surface area contributed by atoms with E-state index in [9.17, 15) is 0 Å². The Morgan fingerprint density at radius 3 is 2.45 bits per heavy atom. The number of hydrogen-bond donors (Lipinski definition) is 1. The van der Waals surface area contributed by atoms with Gasteiger partial charge in [-0.05, 0) is 45.4 Å². The molecule has 1 N–H and O–H groups in total. The molecule has 104 valence electrons. The third-order valence-corrected chi connectivity index (χ3v) is 4.56. The van der Waals surface area contributed by atoms with Crippen molar-refractivity contribution in [2.75, 3.05) is 5.32 Å². The molecule has 0 aliphatic rings. The lowest BCUT2D eigenvalue weighted by molar-refractivity contribution is 0.687. The van der Waals surface area contributed by atoms with Crippen LogP contribution in [0.5, 0.6) is 0 Å². The van der Waals surface area contributed by atoms with E-state index < -0.39 is 5.41 Å². The van der Waals surface area contributed by atoms with Crippen molar-refractivity contribution in [3.8, 4) is 6.07 Å². The zero-order valence-electron chi connectivity index (χ0n) is 12.3. The molecule has 1 unspecified atom stereocenters. The van der Waals surface area contributed by atoms with Gasteiger partial charge in [-0.3, -0.25) is 0 Å². The van der Waals surface area contributed by atoms with Gasteiger partial charge in [-0.25, -0.2) is 4.98 Å². The number of aromatic nitrogens is 1. The zero-order valence-corrected chi connectivity index (χ0v) is 13.1. The first-order valence-corrected chi connectivity index (χ1v) is 7.50. The maximum atomic E-state index is 9.15. The number of aryl methyl sites for hydroxylation is 1. The quantitative estimate of drug-likeness (QED) is 0.904. The highest BCUT2D eigenvalue weighted by Crippen LogP contribution is 2.27. The van der Waals surface area contributed by atoms with Crippen molar-refractivity contribution >= 4 is 17.0 Å². The van der Waals surface area contributed by atoms with Gasteiger partial charge in [0.05, 0.1) is 28.7 Å². The van der Waals surface area contributed by atoms with Crippen molar-refractivity contribution in [1.29, 1.82) is 5.26 Å². The van der Waals surface area contributed by atoms with Crippen LogP contribution in [0.2, 0.25) is 0 Å². The monoisotopic (exact) mass is 285 g/mol. The molecule has 2 rings (SSSR count). The molecule has 3 nitrogen and oxygen atoms in total. The van der Waals surface area contributed by atoms with Crippen LogP contribution >= 0.6 is 11.3 Å². The minimum absolute atomic E-state index is 0.234. The van der Waals surface area contributed by atoms with Crippen LogP contribution in [0.1, 0.15) is 42.9 Å². The van der Waals surface area contributed by atoms with E-state index in [2.05, 4.69) is 23.3 Å². The van der Waals surface area contributed by atoms with Gasteiger partial charge in [-0.15, -0.1) is 11.3 Å². The van der Waals surface area contributed by atoms with Crippen LogP contribution < -0.4 is 5.32 Å². The Balaban J connectivity index is 2.12. The van der Waals surface area contributed by atoms with E-state index in [0.29, 0.717) is 0 Å². The van der Waals surface area contributed by atoms with Crippen LogP contribution in [0.3, 0.4) is 0 Å². The zero-order chi connectivity index (χ0) is 14.8. The van der Waals surface area contributed by atoms with E-state index in [-0.39, 0.29) is 6.04 Å². The van der Waals surface area contributed by atoms with Gasteiger partial charge in [0.15, 0.2) is 0 Å². The second-order valence-electron chi connectivity index (χ2n) is 5.48. The van der Waals surface area contributed by atoms with E-state index in [4.69, 9.17) is 5.26 Å². The van der Waals surface area contributed by atoms with Crippen LogP contribution in [0, 0.1) is 18.3 Å². The predicted molar refractivity (Wildman–Crippen MR) is 84.0 cm³/mol. The van der Waals surface area contributed by atoms with E-state index in [1.807, 2.05) is 50.5 Å². The summed E-state index contributed by atoms with van der Waals surface area (Å²) in [5.41, 5.74) is 4.60. The molecule has 4 heteroatoms. The molecule has 0 spiro atoms. The lowest BCUT2D eigenvalue weighted by atomic mass is 9.86. The Morgan fingerprint density at radius 2 is 1.95 bits per heavy atom. The normalized spacial score (nSPS) is 12.8. The molecule has 0 aliphatic carbocycles. The third kappa shape index (κ3) is 3.00. The van der Waals surface area contributed by atoms with Gasteiger partial charge < -0.3 is 5.32 Å². The SMILES string of the molecule is Cc1ncsc1C(C)Nc1ccc(C(C)(C)C#N)cc1. The Bertz CT molecular complexity index is 620. The second kappa shape index (κ2) is 5.64. The molecule has 0 aliphatic heterocycles. The van der Waals surface area contributed by atoms with Gasteiger partial charge in [0.2, 0.25) is 0 Å². The molecule has 0 radical (unpaired) electrons. The summed E-state index contributed by atoms with van der Waals surface area (Å²) in [6.07, 6.45) is 0. The van der Waals surface area contributed by atoms with Crippen molar-refractivity contribution in [2.45, 2.75) is 39.2 Å². The van der Waals surface area contributed by atoms with Gasteiger partial charge in [0.25, 0.3) is 0 Å². The minimum Gasteiger partial charge on any atom is -0.378 e. The Hall–Kier alpha value is -1.86. The number of rotatable bonds is 4. The maximum Gasteiger partial charge on any atom is 0.0798 e. The fourth-order valence-electron chi connectivity index (χ4n) is 2.09. The van der Waals surface area contributed by atoms with E-state index in [0.717, 1.165) is 16.9 Å². The highest BCUT2D eigenvalue weighted by molar-refractivity contribution is 7.09. The average molecular weight is 285 g/mol. The summed E-state index contributed by atoms with van der Waals surface area (Å²) < 4.78 is 0. The molecule has 20 heavy (non-hydrogen) atoms. The van der Waals surface area contributed by atoms with Crippen LogP contribution in [0.4, 0.5) is 5.69 Å². The number of nitriles is 1. The van der Waals surface area contributed by atoms with Gasteiger partial charge >= 0.3 is 0 Å². The van der Waals surface area contributed by atoms with Gasteiger partial charge in [-0.1, -0.05) is 12.1 Å². The lowest BCUT2D eigenvalue weighted by Gasteiger charge is -2.18. The number of benzene rings is 1. The second-order valence-corrected chi connectivity index (χ2v) is 6.37. The number of hydrogen-bond acceptors (Lipinski definition) is 4. The molecular formula is C16H19N3S. The molecule has 0 saturated heterocycles. The predicted octanol–water partition coefficient (Wildman–Crippen LogP) is 4.43. The fourth-order valence-corrected chi connectivity index (χ4v) is 2.90. The summed E-state index contributed by atoms with van der Waals surface area (Å²) in [7, 11) is 0. The highest BCUT2D eigenvalue weighted by atomic mass is 32.1. The third-order valence-electron chi connectivity index (χ3n) is 3.45. The summed E-state index contributed by atoms with van der Waals surface area (Å²) >= 11 is 1.67. The van der Waals surface area contributed by atoms with Crippen molar-refractivity contribution in [3.63, 3.8) is 0 Å². The molecule has 0 bridgehead atoms. The van der Waals surface area contributed by atoms with Crippen molar-refractivity contribution < 1.29 is 0 Å². The molecule has 1 atom stereocenters. The number of anilines is 1. The van der Waals surface area contributed by atoms with Gasteiger partial charge in [0.1, 0.15) is 0 Å². The molecule has 0 fully saturated rings. The van der Waals surface area contributed by atoms with Crippen molar-refractivity contribution in [3.05, 3.63) is 45.9 Å². The Morgan fingerprint density at radius 1 is 1.30 bits per heavy atom. The summed E-state index contributed by atoms with van der Waals surface area (Å²) in [6.45, 7) is 8.02. The smallest absolute Gasteiger partial charge is 0.0798 e.